The normalized spacial score (nSPS) is 13.6. The Morgan fingerprint density at radius 1 is 0.971 bits per heavy atom. The summed E-state index contributed by atoms with van der Waals surface area (Å²) in [6.45, 7) is 1.13. The predicted octanol–water partition coefficient (Wildman–Crippen LogP) is 4.81. The molecule has 172 valence electrons. The molecule has 6 heteroatoms. The van der Waals surface area contributed by atoms with Gasteiger partial charge in [-0.2, -0.15) is 9.78 Å². The summed E-state index contributed by atoms with van der Waals surface area (Å²) >= 11 is 0. The van der Waals surface area contributed by atoms with Gasteiger partial charge in [0.15, 0.2) is 0 Å². The highest BCUT2D eigenvalue weighted by molar-refractivity contribution is 5.99. The minimum Gasteiger partial charge on any atom is -0.352 e. The van der Waals surface area contributed by atoms with Crippen LogP contribution in [0.25, 0.3) is 16.9 Å². The van der Waals surface area contributed by atoms with E-state index in [1.165, 1.54) is 23.1 Å². The monoisotopic (exact) mass is 452 g/mol. The Bertz CT molecular complexity index is 1340. The molecule has 0 bridgehead atoms. The number of benzene rings is 2. The van der Waals surface area contributed by atoms with E-state index in [4.69, 9.17) is 0 Å². The lowest BCUT2D eigenvalue weighted by Crippen LogP contribution is -2.26. The van der Waals surface area contributed by atoms with E-state index in [1.807, 2.05) is 65.2 Å². The van der Waals surface area contributed by atoms with Crippen molar-refractivity contribution in [3.05, 3.63) is 106 Å². The Morgan fingerprint density at radius 2 is 1.74 bits per heavy atom. The van der Waals surface area contributed by atoms with Gasteiger partial charge in [-0.15, -0.1) is 0 Å². The fourth-order valence-corrected chi connectivity index (χ4v) is 4.52. The molecule has 0 aromatic heterocycles. The molecule has 0 atom stereocenters. The van der Waals surface area contributed by atoms with Crippen LogP contribution in [-0.4, -0.2) is 26.8 Å². The molecule has 0 fully saturated rings. The van der Waals surface area contributed by atoms with Gasteiger partial charge in [0.05, 0.1) is 16.8 Å². The third kappa shape index (κ3) is 4.71. The summed E-state index contributed by atoms with van der Waals surface area (Å²) in [6, 6.07) is 19.3. The quantitative estimate of drug-likeness (QED) is 0.409. The Balaban J connectivity index is 1.49. The number of aromatic nitrogens is 3. The number of amides is 1. The second-order valence-electron chi connectivity index (χ2n) is 8.76. The van der Waals surface area contributed by atoms with E-state index in [2.05, 4.69) is 16.5 Å². The number of allylic oxidation sites excluding steroid dienone is 1. The molecule has 2 aromatic rings. The molecule has 0 radical (unpaired) electrons. The second kappa shape index (κ2) is 9.91. The summed E-state index contributed by atoms with van der Waals surface area (Å²) in [5.74, 6) is -0.207. The summed E-state index contributed by atoms with van der Waals surface area (Å²) < 4.78 is 3.27. The van der Waals surface area contributed by atoms with Crippen molar-refractivity contribution in [1.82, 2.24) is 19.7 Å². The molecule has 1 aliphatic carbocycles. The number of nitrogens with one attached hydrogen (secondary N) is 1. The van der Waals surface area contributed by atoms with E-state index in [-0.39, 0.29) is 11.5 Å². The first kappa shape index (κ1) is 21.9. The average molecular weight is 453 g/mol. The van der Waals surface area contributed by atoms with Crippen LogP contribution in [-0.2, 0) is 6.54 Å². The lowest BCUT2D eigenvalue weighted by molar-refractivity contribution is 0.0953. The predicted molar refractivity (Wildman–Crippen MR) is 133 cm³/mol. The Morgan fingerprint density at radius 3 is 2.47 bits per heavy atom. The third-order valence-electron chi connectivity index (χ3n) is 6.29. The second-order valence-corrected chi connectivity index (χ2v) is 8.76. The van der Waals surface area contributed by atoms with Gasteiger partial charge in [0.2, 0.25) is 0 Å². The van der Waals surface area contributed by atoms with Crippen LogP contribution in [0.15, 0.2) is 89.5 Å². The Kier molecular flexibility index (Phi) is 6.38. The molecule has 3 aliphatic rings. The number of pyridine rings is 1. The van der Waals surface area contributed by atoms with Gasteiger partial charge in [-0.25, -0.2) is 0 Å². The molecule has 1 amide bonds. The summed E-state index contributed by atoms with van der Waals surface area (Å²) in [5.41, 5.74) is 4.22. The van der Waals surface area contributed by atoms with Crippen LogP contribution >= 0.6 is 0 Å². The van der Waals surface area contributed by atoms with Crippen molar-refractivity contribution in [1.29, 1.82) is 0 Å². The first-order chi connectivity index (χ1) is 16.7. The number of carbonyl (C=O) groups excluding carboxylic acids is 1. The molecular weight excluding hydrogens is 424 g/mol. The zero-order chi connectivity index (χ0) is 23.3. The van der Waals surface area contributed by atoms with Crippen LogP contribution in [0.3, 0.4) is 0 Å². The van der Waals surface area contributed by atoms with Crippen molar-refractivity contribution < 1.29 is 4.79 Å². The molecule has 0 unspecified atom stereocenters. The third-order valence-corrected chi connectivity index (χ3v) is 6.29. The maximum Gasteiger partial charge on any atom is 0.282 e. The van der Waals surface area contributed by atoms with E-state index < -0.39 is 0 Å². The van der Waals surface area contributed by atoms with Crippen LogP contribution in [0, 0.1) is 0 Å². The van der Waals surface area contributed by atoms with E-state index >= 15 is 0 Å². The van der Waals surface area contributed by atoms with Crippen LogP contribution < -0.4 is 10.9 Å². The Labute approximate surface area is 198 Å². The molecule has 2 heterocycles. The SMILES string of the molecule is O=C(NCCC1=CCCCC1)c1cn(Cc2ccccc2)cc2c(=O)n(-c3ccccc3)nc1-2. The van der Waals surface area contributed by atoms with Gasteiger partial charge in [0, 0.05) is 25.5 Å². The number of hydrogen-bond donors (Lipinski definition) is 1. The van der Waals surface area contributed by atoms with Crippen LogP contribution in [0.2, 0.25) is 0 Å². The molecule has 34 heavy (non-hydrogen) atoms. The summed E-state index contributed by atoms with van der Waals surface area (Å²) in [7, 11) is 0. The minimum atomic E-state index is -0.231. The fraction of sp³-hybridized carbons (Fsp3) is 0.250. The largest absolute Gasteiger partial charge is 0.352 e. The van der Waals surface area contributed by atoms with Crippen molar-refractivity contribution >= 4 is 5.91 Å². The highest BCUT2D eigenvalue weighted by atomic mass is 16.2. The molecular formula is C28H28N4O2. The van der Waals surface area contributed by atoms with Crippen molar-refractivity contribution in [3.63, 3.8) is 0 Å². The number of carbonyl (C=O) groups is 1. The number of hydrogen-bond acceptors (Lipinski definition) is 3. The number of fused-ring (bicyclic) bond motifs is 1. The first-order valence-electron chi connectivity index (χ1n) is 11.9. The van der Waals surface area contributed by atoms with Gasteiger partial charge in [0.1, 0.15) is 5.69 Å². The van der Waals surface area contributed by atoms with Gasteiger partial charge in [-0.1, -0.05) is 60.2 Å². The van der Waals surface area contributed by atoms with Gasteiger partial charge < -0.3 is 9.88 Å². The molecule has 2 aliphatic heterocycles. The van der Waals surface area contributed by atoms with E-state index in [0.29, 0.717) is 35.6 Å². The summed E-state index contributed by atoms with van der Waals surface area (Å²) in [4.78, 5) is 26.5. The van der Waals surface area contributed by atoms with Crippen molar-refractivity contribution in [2.24, 2.45) is 0 Å². The first-order valence-corrected chi connectivity index (χ1v) is 11.9. The molecule has 0 spiro atoms. The molecule has 0 saturated heterocycles. The zero-order valence-corrected chi connectivity index (χ0v) is 19.1. The van der Waals surface area contributed by atoms with Gasteiger partial charge >= 0.3 is 0 Å². The minimum absolute atomic E-state index is 0.207. The number of rotatable bonds is 7. The smallest absolute Gasteiger partial charge is 0.282 e. The van der Waals surface area contributed by atoms with E-state index in [9.17, 15) is 9.59 Å². The Hall–Kier alpha value is -3.93. The van der Waals surface area contributed by atoms with Gasteiger partial charge in [-0.3, -0.25) is 9.59 Å². The average Bonchev–Trinajstić information content (AvgIpc) is 3.21. The maximum absolute atomic E-state index is 13.3. The van der Waals surface area contributed by atoms with Crippen LogP contribution in [0.1, 0.15) is 48.0 Å². The fourth-order valence-electron chi connectivity index (χ4n) is 4.52. The molecule has 5 rings (SSSR count). The van der Waals surface area contributed by atoms with E-state index in [0.717, 1.165) is 24.8 Å². The zero-order valence-electron chi connectivity index (χ0n) is 19.1. The lowest BCUT2D eigenvalue weighted by Gasteiger charge is -2.15. The van der Waals surface area contributed by atoms with Gasteiger partial charge in [0.25, 0.3) is 11.5 Å². The number of nitrogens with zero attached hydrogens (tertiary/aromatic N) is 3. The highest BCUT2D eigenvalue weighted by Crippen LogP contribution is 2.23. The van der Waals surface area contributed by atoms with Crippen LogP contribution in [0.4, 0.5) is 0 Å². The summed E-state index contributed by atoms with van der Waals surface area (Å²) in [5, 5.41) is 7.62. The van der Waals surface area contributed by atoms with Crippen LogP contribution in [0.5, 0.6) is 0 Å². The van der Waals surface area contributed by atoms with Gasteiger partial charge in [-0.05, 0) is 49.8 Å². The standard InChI is InChI=1S/C28H28N4O2/c33-27(29-17-16-21-10-4-1-5-11-21)24-19-31(18-22-12-6-2-7-13-22)20-25-26(24)30-32(28(25)34)23-14-8-3-9-15-23/h2-3,6-10,12-15,19-20H,1,4-5,11,16-18H2,(H,29,33). The molecule has 6 nitrogen and oxygen atoms in total. The van der Waals surface area contributed by atoms with Crippen molar-refractivity contribution in [3.8, 4) is 16.9 Å². The topological polar surface area (TPSA) is 68.9 Å². The van der Waals surface area contributed by atoms with Crippen molar-refractivity contribution in [2.75, 3.05) is 6.54 Å². The molecule has 2 aromatic carbocycles. The highest BCUT2D eigenvalue weighted by Gasteiger charge is 2.24. The number of para-hydroxylation sites is 1. The lowest BCUT2D eigenvalue weighted by atomic mass is 9.97. The van der Waals surface area contributed by atoms with Crippen molar-refractivity contribution in [2.45, 2.75) is 38.6 Å². The summed E-state index contributed by atoms with van der Waals surface area (Å²) in [6.07, 6.45) is 11.5. The maximum atomic E-state index is 13.3. The molecule has 0 saturated carbocycles. The van der Waals surface area contributed by atoms with E-state index in [1.54, 1.807) is 12.4 Å². The molecule has 1 N–H and O–H groups in total.